The van der Waals surface area contributed by atoms with Crippen LogP contribution in [0.15, 0.2) is 18.6 Å². The van der Waals surface area contributed by atoms with E-state index in [0.717, 1.165) is 18.8 Å². The number of nitrogens with one attached hydrogen (secondary N) is 2. The molecule has 0 unspecified atom stereocenters. The van der Waals surface area contributed by atoms with Crippen LogP contribution >= 0.6 is 11.6 Å². The van der Waals surface area contributed by atoms with Gasteiger partial charge in [0.2, 0.25) is 5.95 Å². The molecule has 0 amide bonds. The SMILES string of the molecule is CCCNc1ncc(Cl)c(NCc2nccn2C)n1. The Morgan fingerprint density at radius 3 is 2.84 bits per heavy atom. The first-order chi connectivity index (χ1) is 9.20. The molecule has 0 aromatic carbocycles. The molecule has 0 saturated carbocycles. The van der Waals surface area contributed by atoms with Crippen LogP contribution in [0.5, 0.6) is 0 Å². The van der Waals surface area contributed by atoms with Crippen LogP contribution < -0.4 is 10.6 Å². The highest BCUT2D eigenvalue weighted by Crippen LogP contribution is 2.19. The Bertz CT molecular complexity index is 539. The van der Waals surface area contributed by atoms with Gasteiger partial charge in [-0.2, -0.15) is 4.98 Å². The van der Waals surface area contributed by atoms with Gasteiger partial charge in [-0.25, -0.2) is 9.97 Å². The summed E-state index contributed by atoms with van der Waals surface area (Å²) in [6.45, 7) is 3.48. The summed E-state index contributed by atoms with van der Waals surface area (Å²) >= 11 is 6.07. The van der Waals surface area contributed by atoms with Crippen molar-refractivity contribution in [3.63, 3.8) is 0 Å². The topological polar surface area (TPSA) is 67.7 Å². The summed E-state index contributed by atoms with van der Waals surface area (Å²) in [7, 11) is 1.94. The van der Waals surface area contributed by atoms with Crippen molar-refractivity contribution in [2.24, 2.45) is 7.05 Å². The summed E-state index contributed by atoms with van der Waals surface area (Å²) in [5, 5.41) is 6.79. The van der Waals surface area contributed by atoms with E-state index in [-0.39, 0.29) is 0 Å². The predicted molar refractivity (Wildman–Crippen MR) is 76.4 cm³/mol. The fourth-order valence-electron chi connectivity index (χ4n) is 1.54. The number of anilines is 2. The largest absolute Gasteiger partial charge is 0.361 e. The van der Waals surface area contributed by atoms with E-state index in [4.69, 9.17) is 11.6 Å². The first-order valence-electron chi connectivity index (χ1n) is 6.17. The molecule has 0 aliphatic carbocycles. The summed E-state index contributed by atoms with van der Waals surface area (Å²) in [4.78, 5) is 12.7. The lowest BCUT2D eigenvalue weighted by molar-refractivity contribution is 0.810. The fraction of sp³-hybridized carbons (Fsp3) is 0.417. The molecule has 2 heterocycles. The maximum atomic E-state index is 6.07. The zero-order valence-corrected chi connectivity index (χ0v) is 11.8. The second-order valence-corrected chi connectivity index (χ2v) is 4.53. The van der Waals surface area contributed by atoms with Gasteiger partial charge in [-0.05, 0) is 6.42 Å². The minimum atomic E-state index is 0.497. The Hall–Kier alpha value is -1.82. The number of halogens is 1. The van der Waals surface area contributed by atoms with Gasteiger partial charge in [-0.3, -0.25) is 0 Å². The van der Waals surface area contributed by atoms with Crippen LogP contribution in [0.25, 0.3) is 0 Å². The zero-order valence-electron chi connectivity index (χ0n) is 11.0. The molecular weight excluding hydrogens is 264 g/mol. The third-order valence-corrected chi connectivity index (χ3v) is 2.89. The molecule has 7 heteroatoms. The zero-order chi connectivity index (χ0) is 13.7. The van der Waals surface area contributed by atoms with Gasteiger partial charge in [-0.15, -0.1) is 0 Å². The van der Waals surface area contributed by atoms with Crippen LogP contribution in [0.4, 0.5) is 11.8 Å². The first-order valence-corrected chi connectivity index (χ1v) is 6.55. The van der Waals surface area contributed by atoms with Crippen LogP contribution in [0.2, 0.25) is 5.02 Å². The van der Waals surface area contributed by atoms with Crippen LogP contribution in [-0.2, 0) is 13.6 Å². The van der Waals surface area contributed by atoms with Crippen molar-refractivity contribution in [3.05, 3.63) is 29.4 Å². The van der Waals surface area contributed by atoms with E-state index in [1.54, 1.807) is 12.4 Å². The van der Waals surface area contributed by atoms with Gasteiger partial charge >= 0.3 is 0 Å². The maximum absolute atomic E-state index is 6.07. The Labute approximate surface area is 117 Å². The monoisotopic (exact) mass is 280 g/mol. The highest BCUT2D eigenvalue weighted by atomic mass is 35.5. The minimum absolute atomic E-state index is 0.497. The molecule has 102 valence electrons. The Morgan fingerprint density at radius 1 is 1.32 bits per heavy atom. The van der Waals surface area contributed by atoms with Gasteiger partial charge in [0.15, 0.2) is 5.82 Å². The second kappa shape index (κ2) is 6.38. The van der Waals surface area contributed by atoms with E-state index < -0.39 is 0 Å². The number of aryl methyl sites for hydroxylation is 1. The van der Waals surface area contributed by atoms with Crippen LogP contribution in [0.3, 0.4) is 0 Å². The lowest BCUT2D eigenvalue weighted by Gasteiger charge is -2.09. The Balaban J connectivity index is 2.04. The number of imidazole rings is 1. The van der Waals surface area contributed by atoms with E-state index in [1.807, 2.05) is 17.8 Å². The fourth-order valence-corrected chi connectivity index (χ4v) is 1.70. The first kappa shape index (κ1) is 13.6. The molecule has 2 aromatic heterocycles. The van der Waals surface area contributed by atoms with Gasteiger partial charge in [-0.1, -0.05) is 18.5 Å². The van der Waals surface area contributed by atoms with Crippen molar-refractivity contribution in [3.8, 4) is 0 Å². The number of nitrogens with zero attached hydrogens (tertiary/aromatic N) is 4. The number of rotatable bonds is 6. The highest BCUT2D eigenvalue weighted by Gasteiger charge is 2.06. The predicted octanol–water partition coefficient (Wildman–Crippen LogP) is 2.30. The van der Waals surface area contributed by atoms with Gasteiger partial charge in [0, 0.05) is 26.0 Å². The van der Waals surface area contributed by atoms with Gasteiger partial charge in [0.25, 0.3) is 0 Å². The van der Waals surface area contributed by atoms with Crippen LogP contribution in [0.1, 0.15) is 19.2 Å². The van der Waals surface area contributed by atoms with Crippen molar-refractivity contribution >= 4 is 23.4 Å². The number of hydrogen-bond acceptors (Lipinski definition) is 5. The standard InChI is InChI=1S/C12H17ClN6/c1-3-4-15-12-17-7-9(13)11(18-12)16-8-10-14-5-6-19(10)2/h5-7H,3-4,8H2,1-2H3,(H2,15,16,17,18). The van der Waals surface area contributed by atoms with Crippen molar-refractivity contribution in [1.82, 2.24) is 19.5 Å². The summed E-state index contributed by atoms with van der Waals surface area (Å²) in [5.74, 6) is 2.10. The highest BCUT2D eigenvalue weighted by molar-refractivity contribution is 6.32. The molecule has 2 aromatic rings. The van der Waals surface area contributed by atoms with E-state index in [1.165, 1.54) is 0 Å². The summed E-state index contributed by atoms with van der Waals surface area (Å²) in [5.41, 5.74) is 0. The van der Waals surface area contributed by atoms with E-state index in [0.29, 0.717) is 23.3 Å². The molecule has 2 rings (SSSR count). The summed E-state index contributed by atoms with van der Waals surface area (Å²) < 4.78 is 1.94. The van der Waals surface area contributed by atoms with Crippen molar-refractivity contribution in [1.29, 1.82) is 0 Å². The molecule has 0 aliphatic rings. The maximum Gasteiger partial charge on any atom is 0.224 e. The normalized spacial score (nSPS) is 10.5. The molecule has 0 spiro atoms. The Kier molecular flexibility index (Phi) is 4.57. The van der Waals surface area contributed by atoms with E-state index in [2.05, 4.69) is 32.5 Å². The summed E-state index contributed by atoms with van der Waals surface area (Å²) in [6, 6.07) is 0. The lowest BCUT2D eigenvalue weighted by atomic mass is 10.5. The molecule has 0 saturated heterocycles. The van der Waals surface area contributed by atoms with Gasteiger partial charge in [0.1, 0.15) is 10.8 Å². The van der Waals surface area contributed by atoms with Crippen LogP contribution in [-0.4, -0.2) is 26.1 Å². The minimum Gasteiger partial charge on any atom is -0.361 e. The molecule has 6 nitrogen and oxygen atoms in total. The second-order valence-electron chi connectivity index (χ2n) is 4.12. The molecule has 0 fully saturated rings. The molecule has 19 heavy (non-hydrogen) atoms. The number of aromatic nitrogens is 4. The van der Waals surface area contributed by atoms with E-state index in [9.17, 15) is 0 Å². The lowest BCUT2D eigenvalue weighted by Crippen LogP contribution is -2.10. The van der Waals surface area contributed by atoms with Gasteiger partial charge < -0.3 is 15.2 Å². The smallest absolute Gasteiger partial charge is 0.224 e. The molecule has 0 atom stereocenters. The molecule has 0 radical (unpaired) electrons. The average molecular weight is 281 g/mol. The Morgan fingerprint density at radius 2 is 2.16 bits per heavy atom. The van der Waals surface area contributed by atoms with E-state index >= 15 is 0 Å². The number of hydrogen-bond donors (Lipinski definition) is 2. The summed E-state index contributed by atoms with van der Waals surface area (Å²) in [6.07, 6.45) is 6.26. The van der Waals surface area contributed by atoms with Crippen molar-refractivity contribution in [2.45, 2.75) is 19.9 Å². The third-order valence-electron chi connectivity index (χ3n) is 2.61. The molecule has 0 bridgehead atoms. The van der Waals surface area contributed by atoms with Crippen LogP contribution in [0, 0.1) is 0 Å². The molecular formula is C12H17ClN6. The van der Waals surface area contributed by atoms with Gasteiger partial charge in [0.05, 0.1) is 12.7 Å². The van der Waals surface area contributed by atoms with Crippen molar-refractivity contribution in [2.75, 3.05) is 17.2 Å². The van der Waals surface area contributed by atoms with Crippen molar-refractivity contribution < 1.29 is 0 Å². The molecule has 2 N–H and O–H groups in total. The average Bonchev–Trinajstić information content (AvgIpc) is 2.82. The quantitative estimate of drug-likeness (QED) is 0.850. The third kappa shape index (κ3) is 3.57. The molecule has 0 aliphatic heterocycles.